The van der Waals surface area contributed by atoms with Gasteiger partial charge in [-0.25, -0.2) is 0 Å². The highest BCUT2D eigenvalue weighted by molar-refractivity contribution is 5.84. The number of hydrogen-bond acceptors (Lipinski definition) is 5. The number of rotatable bonds is 5. The topological polar surface area (TPSA) is 77.2 Å². The van der Waals surface area contributed by atoms with Crippen LogP contribution >= 0.6 is 0 Å². The summed E-state index contributed by atoms with van der Waals surface area (Å²) in [6.07, 6.45) is 0. The van der Waals surface area contributed by atoms with Crippen LogP contribution in [0.4, 0.5) is 0 Å². The highest BCUT2D eigenvalue weighted by Crippen LogP contribution is 2.30. The van der Waals surface area contributed by atoms with Crippen LogP contribution in [0.2, 0.25) is 0 Å². The molecule has 2 heterocycles. The predicted octanol–water partition coefficient (Wildman–Crippen LogP) is 3.15. The summed E-state index contributed by atoms with van der Waals surface area (Å²) >= 11 is 0. The van der Waals surface area contributed by atoms with Gasteiger partial charge in [0.25, 0.3) is 5.91 Å². The third-order valence-corrected chi connectivity index (χ3v) is 4.18. The molecular formula is C19H21N3O3. The molecule has 3 aromatic rings. The van der Waals surface area contributed by atoms with Gasteiger partial charge in [0, 0.05) is 12.1 Å². The van der Waals surface area contributed by atoms with Crippen LogP contribution < -0.4 is 10.1 Å². The number of nitrogens with zero attached hydrogens (tertiary/aromatic N) is 2. The number of ether oxygens (including phenoxy) is 1. The molecule has 6 nitrogen and oxygen atoms in total. The molecule has 0 saturated carbocycles. The predicted molar refractivity (Wildman–Crippen MR) is 94.5 cm³/mol. The van der Waals surface area contributed by atoms with E-state index in [9.17, 15) is 4.79 Å². The maximum Gasteiger partial charge on any atom is 0.258 e. The molecule has 0 aliphatic carbocycles. The Balaban J connectivity index is 1.68. The average Bonchev–Trinajstić information content (AvgIpc) is 2.86. The zero-order valence-corrected chi connectivity index (χ0v) is 14.8. The van der Waals surface area contributed by atoms with Gasteiger partial charge in [-0.1, -0.05) is 24.3 Å². The van der Waals surface area contributed by atoms with Gasteiger partial charge in [-0.3, -0.25) is 4.79 Å². The van der Waals surface area contributed by atoms with E-state index in [0.29, 0.717) is 24.0 Å². The minimum absolute atomic E-state index is 0.110. The smallest absolute Gasteiger partial charge is 0.258 e. The molecule has 0 fully saturated rings. The van der Waals surface area contributed by atoms with E-state index in [0.717, 1.165) is 27.8 Å². The lowest BCUT2D eigenvalue weighted by Crippen LogP contribution is -2.28. The van der Waals surface area contributed by atoms with E-state index in [-0.39, 0.29) is 12.5 Å². The molecule has 0 bridgehead atoms. The molecule has 130 valence electrons. The molecular weight excluding hydrogens is 318 g/mol. The summed E-state index contributed by atoms with van der Waals surface area (Å²) in [5.74, 6) is 1.48. The molecule has 6 heteroatoms. The van der Waals surface area contributed by atoms with Gasteiger partial charge in [0.15, 0.2) is 6.61 Å². The average molecular weight is 339 g/mol. The van der Waals surface area contributed by atoms with Crippen LogP contribution in [-0.4, -0.2) is 22.5 Å². The van der Waals surface area contributed by atoms with Crippen LogP contribution in [0, 0.1) is 27.7 Å². The van der Waals surface area contributed by atoms with Crippen molar-refractivity contribution in [2.45, 2.75) is 34.2 Å². The Morgan fingerprint density at radius 3 is 2.68 bits per heavy atom. The zero-order valence-electron chi connectivity index (χ0n) is 14.8. The van der Waals surface area contributed by atoms with Crippen LogP contribution in [0.3, 0.4) is 0 Å². The SMILES string of the molecule is Cc1nc(OCC(=O)NCc2ccccc2C)c2c(C)c(C)oc2n1. The first-order valence-electron chi connectivity index (χ1n) is 8.14. The van der Waals surface area contributed by atoms with Gasteiger partial charge in [0.2, 0.25) is 11.6 Å². The maximum absolute atomic E-state index is 12.1. The Hall–Kier alpha value is -2.89. The van der Waals surface area contributed by atoms with Gasteiger partial charge < -0.3 is 14.5 Å². The number of furan rings is 1. The summed E-state index contributed by atoms with van der Waals surface area (Å²) in [7, 11) is 0. The van der Waals surface area contributed by atoms with Crippen LogP contribution in [0.5, 0.6) is 5.88 Å². The molecule has 3 rings (SSSR count). The van der Waals surface area contributed by atoms with Crippen molar-refractivity contribution in [3.05, 3.63) is 52.5 Å². The summed E-state index contributed by atoms with van der Waals surface area (Å²) in [6.45, 7) is 7.92. The number of aryl methyl sites for hydroxylation is 4. The molecule has 0 unspecified atom stereocenters. The van der Waals surface area contributed by atoms with E-state index < -0.39 is 0 Å². The number of fused-ring (bicyclic) bond motifs is 1. The fourth-order valence-electron chi connectivity index (χ4n) is 2.61. The number of nitrogens with one attached hydrogen (secondary N) is 1. The molecule has 0 radical (unpaired) electrons. The monoisotopic (exact) mass is 339 g/mol. The Kier molecular flexibility index (Phi) is 4.70. The highest BCUT2D eigenvalue weighted by atomic mass is 16.5. The standard InChI is InChI=1S/C19H21N3O3/c1-11-7-5-6-8-15(11)9-20-16(23)10-24-18-17-12(2)13(3)25-19(17)22-14(4)21-18/h5-8H,9-10H2,1-4H3,(H,20,23). The molecule has 0 saturated heterocycles. The molecule has 1 N–H and O–H groups in total. The first kappa shape index (κ1) is 17.0. The van der Waals surface area contributed by atoms with Crippen molar-refractivity contribution in [3.8, 4) is 5.88 Å². The van der Waals surface area contributed by atoms with Gasteiger partial charge in [0.05, 0.1) is 0 Å². The number of carbonyl (C=O) groups is 1. The lowest BCUT2D eigenvalue weighted by Gasteiger charge is -2.09. The Labute approximate surface area is 146 Å². The molecule has 2 aromatic heterocycles. The van der Waals surface area contributed by atoms with Crippen LogP contribution in [0.1, 0.15) is 28.3 Å². The Morgan fingerprint density at radius 2 is 1.92 bits per heavy atom. The quantitative estimate of drug-likeness (QED) is 0.772. The number of hydrogen-bond donors (Lipinski definition) is 1. The second-order valence-corrected chi connectivity index (χ2v) is 6.03. The zero-order chi connectivity index (χ0) is 18.0. The lowest BCUT2D eigenvalue weighted by molar-refractivity contribution is -0.123. The first-order valence-corrected chi connectivity index (χ1v) is 8.14. The van der Waals surface area contributed by atoms with Crippen molar-refractivity contribution in [2.75, 3.05) is 6.61 Å². The largest absolute Gasteiger partial charge is 0.467 e. The lowest BCUT2D eigenvalue weighted by atomic mass is 10.1. The number of benzene rings is 1. The minimum Gasteiger partial charge on any atom is -0.467 e. The summed E-state index contributed by atoms with van der Waals surface area (Å²) in [5, 5.41) is 3.58. The van der Waals surface area contributed by atoms with Crippen molar-refractivity contribution >= 4 is 17.0 Å². The highest BCUT2D eigenvalue weighted by Gasteiger charge is 2.17. The van der Waals surface area contributed by atoms with E-state index in [1.807, 2.05) is 45.0 Å². The number of carbonyl (C=O) groups excluding carboxylic acids is 1. The summed E-state index contributed by atoms with van der Waals surface area (Å²) < 4.78 is 11.3. The van der Waals surface area contributed by atoms with Crippen molar-refractivity contribution < 1.29 is 13.9 Å². The summed E-state index contributed by atoms with van der Waals surface area (Å²) in [4.78, 5) is 20.7. The first-order chi connectivity index (χ1) is 12.0. The van der Waals surface area contributed by atoms with Crippen LogP contribution in [0.25, 0.3) is 11.1 Å². The van der Waals surface area contributed by atoms with Crippen LogP contribution in [-0.2, 0) is 11.3 Å². The third-order valence-electron chi connectivity index (χ3n) is 4.18. The van der Waals surface area contributed by atoms with Gasteiger partial charge in [0.1, 0.15) is 17.0 Å². The van der Waals surface area contributed by atoms with Crippen molar-refractivity contribution in [2.24, 2.45) is 0 Å². The second kappa shape index (κ2) is 6.93. The summed E-state index contributed by atoms with van der Waals surface area (Å²) in [5.41, 5.74) is 3.63. The Bertz CT molecular complexity index is 931. The Morgan fingerprint density at radius 1 is 1.16 bits per heavy atom. The van der Waals surface area contributed by atoms with Gasteiger partial charge in [-0.2, -0.15) is 9.97 Å². The van der Waals surface area contributed by atoms with Crippen molar-refractivity contribution in [1.82, 2.24) is 15.3 Å². The molecule has 25 heavy (non-hydrogen) atoms. The molecule has 0 atom stereocenters. The molecule has 0 spiro atoms. The van der Waals surface area contributed by atoms with Crippen molar-refractivity contribution in [1.29, 1.82) is 0 Å². The number of aromatic nitrogens is 2. The van der Waals surface area contributed by atoms with E-state index >= 15 is 0 Å². The fraction of sp³-hybridized carbons (Fsp3) is 0.316. The van der Waals surface area contributed by atoms with Crippen LogP contribution in [0.15, 0.2) is 28.7 Å². The normalized spacial score (nSPS) is 10.9. The summed E-state index contributed by atoms with van der Waals surface area (Å²) in [6, 6.07) is 7.94. The van der Waals surface area contributed by atoms with Gasteiger partial charge >= 0.3 is 0 Å². The van der Waals surface area contributed by atoms with E-state index in [4.69, 9.17) is 9.15 Å². The van der Waals surface area contributed by atoms with E-state index in [2.05, 4.69) is 15.3 Å². The van der Waals surface area contributed by atoms with Gasteiger partial charge in [-0.05, 0) is 38.8 Å². The maximum atomic E-state index is 12.1. The third kappa shape index (κ3) is 3.63. The fourth-order valence-corrected chi connectivity index (χ4v) is 2.61. The molecule has 1 amide bonds. The molecule has 0 aliphatic rings. The van der Waals surface area contributed by atoms with E-state index in [1.54, 1.807) is 6.92 Å². The minimum atomic E-state index is -0.203. The van der Waals surface area contributed by atoms with Gasteiger partial charge in [-0.15, -0.1) is 0 Å². The molecule has 1 aromatic carbocycles. The molecule has 0 aliphatic heterocycles. The van der Waals surface area contributed by atoms with E-state index in [1.165, 1.54) is 0 Å². The van der Waals surface area contributed by atoms with Crippen molar-refractivity contribution in [3.63, 3.8) is 0 Å². The number of amides is 1. The second-order valence-electron chi connectivity index (χ2n) is 6.03.